The third kappa shape index (κ3) is 2.80. The summed E-state index contributed by atoms with van der Waals surface area (Å²) in [6, 6.07) is 9.51. The van der Waals surface area contributed by atoms with Crippen LogP contribution in [-0.2, 0) is 15.1 Å². The molecule has 1 aromatic carbocycles. The zero-order chi connectivity index (χ0) is 14.7. The largest absolute Gasteiger partial charge is 0.430 e. The van der Waals surface area contributed by atoms with Crippen LogP contribution in [0.4, 0.5) is 4.79 Å². The predicted octanol–water partition coefficient (Wildman–Crippen LogP) is 2.21. The van der Waals surface area contributed by atoms with Crippen LogP contribution in [-0.4, -0.2) is 30.9 Å². The van der Waals surface area contributed by atoms with Crippen molar-refractivity contribution < 1.29 is 14.3 Å². The van der Waals surface area contributed by atoms with Crippen molar-refractivity contribution in [2.75, 3.05) is 13.2 Å². The molecular weight excluding hydrogens is 270 g/mol. The minimum atomic E-state index is -0.923. The van der Waals surface area contributed by atoms with E-state index < -0.39 is 11.7 Å². The van der Waals surface area contributed by atoms with Gasteiger partial charge in [-0.2, -0.15) is 5.10 Å². The second-order valence-electron chi connectivity index (χ2n) is 5.14. The first kappa shape index (κ1) is 13.8. The summed E-state index contributed by atoms with van der Waals surface area (Å²) >= 11 is 0. The van der Waals surface area contributed by atoms with Crippen molar-refractivity contribution in [3.8, 4) is 0 Å². The zero-order valence-corrected chi connectivity index (χ0v) is 11.8. The summed E-state index contributed by atoms with van der Waals surface area (Å²) in [6.07, 6.45) is 1.04. The molecule has 2 aliphatic heterocycles. The van der Waals surface area contributed by atoms with Crippen LogP contribution in [0, 0.1) is 0 Å². The average molecular weight is 287 g/mol. The van der Waals surface area contributed by atoms with Crippen LogP contribution in [0.2, 0.25) is 0 Å². The first-order chi connectivity index (χ1) is 10.2. The fourth-order valence-electron chi connectivity index (χ4n) is 2.38. The van der Waals surface area contributed by atoms with Crippen molar-refractivity contribution in [2.45, 2.75) is 25.4 Å². The Morgan fingerprint density at radius 1 is 1.14 bits per heavy atom. The van der Waals surface area contributed by atoms with Crippen LogP contribution in [0.1, 0.15) is 25.3 Å². The van der Waals surface area contributed by atoms with Gasteiger partial charge in [-0.15, -0.1) is 5.10 Å². The van der Waals surface area contributed by atoms with Crippen molar-refractivity contribution in [1.29, 1.82) is 0 Å². The van der Waals surface area contributed by atoms with E-state index in [1.54, 1.807) is 0 Å². The average Bonchev–Trinajstić information content (AvgIpc) is 2.82. The molecule has 2 saturated heterocycles. The molecule has 110 valence electrons. The number of hydrogen-bond acceptors (Lipinski definition) is 5. The molecule has 6 heteroatoms. The number of ether oxygens (including phenoxy) is 2. The summed E-state index contributed by atoms with van der Waals surface area (Å²) in [5, 5.41) is 11.1. The number of carbonyl (C=O) groups is 1. The van der Waals surface area contributed by atoms with E-state index in [0.29, 0.717) is 19.0 Å². The summed E-state index contributed by atoms with van der Waals surface area (Å²) in [5.41, 5.74) is 0.910. The van der Waals surface area contributed by atoms with E-state index >= 15 is 0 Å². The third-order valence-corrected chi connectivity index (χ3v) is 3.66. The van der Waals surface area contributed by atoms with Gasteiger partial charge in [0.1, 0.15) is 0 Å². The van der Waals surface area contributed by atoms with E-state index in [9.17, 15) is 4.79 Å². The van der Waals surface area contributed by atoms with Gasteiger partial charge in [-0.05, 0) is 6.92 Å². The Morgan fingerprint density at radius 3 is 2.57 bits per heavy atom. The van der Waals surface area contributed by atoms with Gasteiger partial charge in [-0.25, -0.2) is 4.79 Å². The van der Waals surface area contributed by atoms with Crippen LogP contribution in [0.25, 0.3) is 0 Å². The number of amidine groups is 1. The minimum absolute atomic E-state index is 0.415. The van der Waals surface area contributed by atoms with Crippen LogP contribution in [0.3, 0.4) is 0 Å². The van der Waals surface area contributed by atoms with E-state index in [2.05, 4.69) is 15.5 Å². The lowest BCUT2D eigenvalue weighted by atomic mass is 9.95. The Balaban J connectivity index is 1.90. The number of benzene rings is 1. The molecule has 0 bridgehead atoms. The van der Waals surface area contributed by atoms with Crippen molar-refractivity contribution >= 4 is 17.6 Å². The van der Waals surface area contributed by atoms with Crippen LogP contribution >= 0.6 is 0 Å². The van der Waals surface area contributed by atoms with E-state index in [4.69, 9.17) is 9.47 Å². The second kappa shape index (κ2) is 5.65. The fraction of sp³-hybridized carbons (Fsp3) is 0.400. The summed E-state index contributed by atoms with van der Waals surface area (Å²) in [7, 11) is 0. The molecule has 0 aromatic heterocycles. The lowest BCUT2D eigenvalue weighted by Crippen LogP contribution is -2.33. The molecule has 21 heavy (non-hydrogen) atoms. The fourth-order valence-corrected chi connectivity index (χ4v) is 2.38. The molecule has 1 N–H and O–H groups in total. The topological polar surface area (TPSA) is 72.3 Å². The maximum Gasteiger partial charge on any atom is 0.414 e. The lowest BCUT2D eigenvalue weighted by Gasteiger charge is -2.21. The summed E-state index contributed by atoms with van der Waals surface area (Å²) in [6.45, 7) is 3.15. The van der Waals surface area contributed by atoms with Gasteiger partial charge in [0.05, 0.1) is 13.2 Å². The van der Waals surface area contributed by atoms with Crippen molar-refractivity contribution in [3.05, 3.63) is 35.9 Å². The zero-order valence-electron chi connectivity index (χ0n) is 11.8. The molecule has 2 fully saturated rings. The molecule has 6 nitrogen and oxygen atoms in total. The highest BCUT2D eigenvalue weighted by atomic mass is 16.6. The first-order valence-electron chi connectivity index (χ1n) is 6.95. The number of amides is 1. The number of nitrogens with zero attached hydrogens (tertiary/aromatic N) is 2. The molecule has 0 radical (unpaired) electrons. The molecular formula is C15H17N3O3. The first-order valence-corrected chi connectivity index (χ1v) is 6.95. The van der Waals surface area contributed by atoms with Crippen molar-refractivity contribution in [1.82, 2.24) is 5.32 Å². The van der Waals surface area contributed by atoms with Crippen LogP contribution in [0.15, 0.2) is 40.5 Å². The Labute approximate surface area is 122 Å². The predicted molar refractivity (Wildman–Crippen MR) is 78.3 cm³/mol. The normalized spacial score (nSPS) is 27.4. The van der Waals surface area contributed by atoms with Gasteiger partial charge in [0, 0.05) is 24.1 Å². The SMILES string of the molecule is CC1(c2ccccc2)OC(=O)N/C1=N\N=C1CCOCC1. The highest BCUT2D eigenvalue weighted by Gasteiger charge is 2.44. The number of nitrogens with one attached hydrogen (secondary N) is 1. The summed E-state index contributed by atoms with van der Waals surface area (Å²) in [4.78, 5) is 11.6. The molecule has 2 aliphatic rings. The molecule has 0 aliphatic carbocycles. The number of cyclic esters (lactones) is 1. The van der Waals surface area contributed by atoms with Crippen molar-refractivity contribution in [3.63, 3.8) is 0 Å². The summed E-state index contributed by atoms with van der Waals surface area (Å²) < 4.78 is 10.7. The lowest BCUT2D eigenvalue weighted by molar-refractivity contribution is 0.0960. The molecule has 1 aromatic rings. The number of rotatable bonds is 2. The van der Waals surface area contributed by atoms with Crippen LogP contribution < -0.4 is 5.32 Å². The Morgan fingerprint density at radius 2 is 1.86 bits per heavy atom. The van der Waals surface area contributed by atoms with Gasteiger partial charge in [-0.1, -0.05) is 30.3 Å². The number of carbonyl (C=O) groups excluding carboxylic acids is 1. The van der Waals surface area contributed by atoms with Crippen molar-refractivity contribution in [2.24, 2.45) is 10.2 Å². The smallest absolute Gasteiger partial charge is 0.414 e. The van der Waals surface area contributed by atoms with Gasteiger partial charge >= 0.3 is 6.09 Å². The minimum Gasteiger partial charge on any atom is -0.430 e. The molecule has 1 unspecified atom stereocenters. The van der Waals surface area contributed by atoms with E-state index in [-0.39, 0.29) is 0 Å². The monoisotopic (exact) mass is 287 g/mol. The maximum atomic E-state index is 11.6. The highest BCUT2D eigenvalue weighted by Crippen LogP contribution is 2.30. The van der Waals surface area contributed by atoms with Crippen LogP contribution in [0.5, 0.6) is 0 Å². The van der Waals surface area contributed by atoms with Gasteiger partial charge in [0.2, 0.25) is 0 Å². The van der Waals surface area contributed by atoms with E-state index in [1.807, 2.05) is 37.3 Å². The molecule has 2 heterocycles. The number of alkyl carbamates (subject to hydrolysis) is 1. The second-order valence-corrected chi connectivity index (χ2v) is 5.14. The Hall–Kier alpha value is -2.21. The Kier molecular flexibility index (Phi) is 3.70. The number of hydrogen-bond donors (Lipinski definition) is 1. The molecule has 0 saturated carbocycles. The molecule has 1 amide bonds. The molecule has 0 spiro atoms. The standard InChI is InChI=1S/C15H17N3O3/c1-15(11-5-3-2-4-6-11)13(16-14(19)21-15)18-17-12-7-9-20-10-8-12/h2-6H,7-10H2,1H3,(H,16,18,19). The highest BCUT2D eigenvalue weighted by molar-refractivity contribution is 6.06. The van der Waals surface area contributed by atoms with Gasteiger partial charge < -0.3 is 9.47 Å². The third-order valence-electron chi connectivity index (χ3n) is 3.66. The summed E-state index contributed by atoms with van der Waals surface area (Å²) in [5.74, 6) is 0.415. The van der Waals surface area contributed by atoms with Gasteiger partial charge in [0.15, 0.2) is 11.4 Å². The van der Waals surface area contributed by atoms with Gasteiger partial charge in [-0.3, -0.25) is 5.32 Å². The quantitative estimate of drug-likeness (QED) is 0.848. The van der Waals surface area contributed by atoms with Gasteiger partial charge in [0.25, 0.3) is 0 Å². The van der Waals surface area contributed by atoms with E-state index in [1.165, 1.54) is 0 Å². The Bertz CT molecular complexity index is 589. The van der Waals surface area contributed by atoms with E-state index in [0.717, 1.165) is 24.1 Å². The molecule has 3 rings (SSSR count). The maximum absolute atomic E-state index is 11.6. The molecule has 1 atom stereocenters.